The van der Waals surface area contributed by atoms with E-state index < -0.39 is 0 Å². The Balaban J connectivity index is 2.09. The monoisotopic (exact) mass is 236 g/mol. The Hall–Kier alpha value is -1.78. The number of hydrogen-bond donors (Lipinski definition) is 0. The van der Waals surface area contributed by atoms with Gasteiger partial charge in [-0.1, -0.05) is 0 Å². The first-order valence-electron chi connectivity index (χ1n) is 5.67. The van der Waals surface area contributed by atoms with Crippen LogP contribution in [-0.4, -0.2) is 48.3 Å². The summed E-state index contributed by atoms with van der Waals surface area (Å²) >= 11 is 0. The number of hydrogen-bond acceptors (Lipinski definition) is 3. The largest absolute Gasteiger partial charge is 0.469 e. The SMILES string of the molecule is Cc1coc(C)c1C(=O)N1CCN(C=O)CC1. The number of carbonyl (C=O) groups is 2. The number of amides is 2. The molecule has 1 aromatic heterocycles. The molecule has 0 bridgehead atoms. The number of nitrogens with zero attached hydrogens (tertiary/aromatic N) is 2. The van der Waals surface area contributed by atoms with Crippen molar-refractivity contribution < 1.29 is 14.0 Å². The maximum absolute atomic E-state index is 12.3. The summed E-state index contributed by atoms with van der Waals surface area (Å²) in [6.45, 7) is 6.03. The van der Waals surface area contributed by atoms with Crippen LogP contribution in [0, 0.1) is 13.8 Å². The molecule has 2 amide bonds. The molecule has 0 aromatic carbocycles. The molecule has 0 unspecified atom stereocenters. The van der Waals surface area contributed by atoms with Gasteiger partial charge in [-0.3, -0.25) is 9.59 Å². The third-order valence-electron chi connectivity index (χ3n) is 3.12. The van der Waals surface area contributed by atoms with Crippen molar-refractivity contribution in [2.24, 2.45) is 0 Å². The minimum atomic E-state index is -0.000649. The predicted molar refractivity (Wildman–Crippen MR) is 61.7 cm³/mol. The fourth-order valence-corrected chi connectivity index (χ4v) is 2.08. The van der Waals surface area contributed by atoms with Gasteiger partial charge in [-0.25, -0.2) is 0 Å². The van der Waals surface area contributed by atoms with Crippen LogP contribution < -0.4 is 0 Å². The van der Waals surface area contributed by atoms with Gasteiger partial charge in [0.2, 0.25) is 6.41 Å². The Kier molecular flexibility index (Phi) is 3.17. The second-order valence-corrected chi connectivity index (χ2v) is 4.28. The summed E-state index contributed by atoms with van der Waals surface area (Å²) in [5.74, 6) is 0.657. The maximum Gasteiger partial charge on any atom is 0.257 e. The normalized spacial score (nSPS) is 16.1. The Morgan fingerprint density at radius 1 is 1.29 bits per heavy atom. The molecule has 2 rings (SSSR count). The minimum Gasteiger partial charge on any atom is -0.469 e. The first-order chi connectivity index (χ1) is 8.13. The highest BCUT2D eigenvalue weighted by molar-refractivity contribution is 5.96. The van der Waals surface area contributed by atoms with Gasteiger partial charge in [-0.05, 0) is 13.8 Å². The van der Waals surface area contributed by atoms with E-state index in [1.54, 1.807) is 23.0 Å². The number of piperazine rings is 1. The Morgan fingerprint density at radius 3 is 2.41 bits per heavy atom. The summed E-state index contributed by atoms with van der Waals surface area (Å²) in [5, 5.41) is 0. The molecule has 5 heteroatoms. The molecule has 1 fully saturated rings. The first kappa shape index (κ1) is 11.7. The highest BCUT2D eigenvalue weighted by atomic mass is 16.3. The van der Waals surface area contributed by atoms with Crippen molar-refractivity contribution in [2.75, 3.05) is 26.2 Å². The topological polar surface area (TPSA) is 53.8 Å². The van der Waals surface area contributed by atoms with Gasteiger partial charge < -0.3 is 14.2 Å². The predicted octanol–water partition coefficient (Wildman–Crippen LogP) is 0.811. The third-order valence-corrected chi connectivity index (χ3v) is 3.12. The zero-order valence-electron chi connectivity index (χ0n) is 10.1. The van der Waals surface area contributed by atoms with E-state index in [1.807, 2.05) is 6.92 Å². The molecule has 0 N–H and O–H groups in total. The van der Waals surface area contributed by atoms with E-state index in [0.29, 0.717) is 37.5 Å². The molecule has 1 aliphatic rings. The van der Waals surface area contributed by atoms with Gasteiger partial charge in [0.25, 0.3) is 5.91 Å². The average Bonchev–Trinajstić information content (AvgIpc) is 2.68. The highest BCUT2D eigenvalue weighted by Gasteiger charge is 2.25. The molecule has 1 aromatic rings. The summed E-state index contributed by atoms with van der Waals surface area (Å²) in [4.78, 5) is 26.3. The van der Waals surface area contributed by atoms with Crippen LogP contribution in [0.4, 0.5) is 0 Å². The smallest absolute Gasteiger partial charge is 0.257 e. The number of furan rings is 1. The quantitative estimate of drug-likeness (QED) is 0.714. The molecule has 0 spiro atoms. The van der Waals surface area contributed by atoms with Crippen LogP contribution >= 0.6 is 0 Å². The van der Waals surface area contributed by atoms with Crippen molar-refractivity contribution in [3.63, 3.8) is 0 Å². The Morgan fingerprint density at radius 2 is 1.94 bits per heavy atom. The molecule has 0 saturated carbocycles. The van der Waals surface area contributed by atoms with Crippen LogP contribution in [0.2, 0.25) is 0 Å². The van der Waals surface area contributed by atoms with Crippen LogP contribution in [0.15, 0.2) is 10.7 Å². The van der Waals surface area contributed by atoms with Crippen molar-refractivity contribution in [1.82, 2.24) is 9.80 Å². The summed E-state index contributed by atoms with van der Waals surface area (Å²) < 4.78 is 5.24. The molecule has 0 radical (unpaired) electrons. The standard InChI is InChI=1S/C12H16N2O3/c1-9-7-17-10(2)11(9)12(16)14-5-3-13(8-15)4-6-14/h7-8H,3-6H2,1-2H3. The lowest BCUT2D eigenvalue weighted by atomic mass is 10.1. The molecule has 5 nitrogen and oxygen atoms in total. The van der Waals surface area contributed by atoms with E-state index in [9.17, 15) is 9.59 Å². The number of rotatable bonds is 2. The number of carbonyl (C=O) groups excluding carboxylic acids is 2. The Labute approximate surface area is 100.0 Å². The maximum atomic E-state index is 12.3. The molecular formula is C12H16N2O3. The van der Waals surface area contributed by atoms with Crippen molar-refractivity contribution >= 4 is 12.3 Å². The Bertz CT molecular complexity index is 411. The molecule has 0 atom stereocenters. The van der Waals surface area contributed by atoms with Gasteiger partial charge in [-0.2, -0.15) is 0 Å². The lowest BCUT2D eigenvalue weighted by molar-refractivity contribution is -0.119. The van der Waals surface area contributed by atoms with Gasteiger partial charge >= 0.3 is 0 Å². The second-order valence-electron chi connectivity index (χ2n) is 4.28. The van der Waals surface area contributed by atoms with Gasteiger partial charge in [0.05, 0.1) is 11.8 Å². The van der Waals surface area contributed by atoms with Crippen molar-refractivity contribution in [1.29, 1.82) is 0 Å². The van der Waals surface area contributed by atoms with Crippen LogP contribution in [0.25, 0.3) is 0 Å². The van der Waals surface area contributed by atoms with E-state index in [1.165, 1.54) is 0 Å². The van der Waals surface area contributed by atoms with Gasteiger partial charge in [-0.15, -0.1) is 0 Å². The van der Waals surface area contributed by atoms with Gasteiger partial charge in [0, 0.05) is 31.7 Å². The van der Waals surface area contributed by atoms with E-state index in [-0.39, 0.29) is 5.91 Å². The van der Waals surface area contributed by atoms with E-state index in [2.05, 4.69) is 0 Å². The average molecular weight is 236 g/mol. The van der Waals surface area contributed by atoms with Crippen LogP contribution in [0.3, 0.4) is 0 Å². The third kappa shape index (κ3) is 2.18. The molecule has 1 aliphatic heterocycles. The van der Waals surface area contributed by atoms with Crippen molar-refractivity contribution in [3.8, 4) is 0 Å². The van der Waals surface area contributed by atoms with E-state index in [0.717, 1.165) is 12.0 Å². The van der Waals surface area contributed by atoms with E-state index in [4.69, 9.17) is 4.42 Å². The molecule has 0 aliphatic carbocycles. The van der Waals surface area contributed by atoms with Crippen molar-refractivity contribution in [2.45, 2.75) is 13.8 Å². The van der Waals surface area contributed by atoms with Crippen LogP contribution in [0.5, 0.6) is 0 Å². The van der Waals surface area contributed by atoms with Crippen LogP contribution in [0.1, 0.15) is 21.7 Å². The molecule has 1 saturated heterocycles. The zero-order chi connectivity index (χ0) is 12.4. The summed E-state index contributed by atoms with van der Waals surface area (Å²) in [7, 11) is 0. The summed E-state index contributed by atoms with van der Waals surface area (Å²) in [6.07, 6.45) is 2.43. The minimum absolute atomic E-state index is 0.000649. The fourth-order valence-electron chi connectivity index (χ4n) is 2.08. The van der Waals surface area contributed by atoms with Crippen LogP contribution in [-0.2, 0) is 4.79 Å². The fraction of sp³-hybridized carbons (Fsp3) is 0.500. The lowest BCUT2D eigenvalue weighted by Crippen LogP contribution is -2.48. The second kappa shape index (κ2) is 4.61. The molecule has 2 heterocycles. The number of aryl methyl sites for hydroxylation is 2. The van der Waals surface area contributed by atoms with Gasteiger partial charge in [0.15, 0.2) is 0 Å². The first-order valence-corrected chi connectivity index (χ1v) is 5.67. The molecular weight excluding hydrogens is 220 g/mol. The van der Waals surface area contributed by atoms with Crippen molar-refractivity contribution in [3.05, 3.63) is 23.2 Å². The molecule has 92 valence electrons. The zero-order valence-corrected chi connectivity index (χ0v) is 10.1. The van der Waals surface area contributed by atoms with Gasteiger partial charge in [0.1, 0.15) is 5.76 Å². The lowest BCUT2D eigenvalue weighted by Gasteiger charge is -2.32. The molecule has 17 heavy (non-hydrogen) atoms. The summed E-state index contributed by atoms with van der Waals surface area (Å²) in [5.41, 5.74) is 1.52. The highest BCUT2D eigenvalue weighted by Crippen LogP contribution is 2.18. The van der Waals surface area contributed by atoms with E-state index >= 15 is 0 Å². The summed E-state index contributed by atoms with van der Waals surface area (Å²) in [6, 6.07) is 0.